The van der Waals surface area contributed by atoms with Crippen LogP contribution in [0.15, 0.2) is 20.0 Å². The van der Waals surface area contributed by atoms with Gasteiger partial charge in [0, 0.05) is 0 Å². The van der Waals surface area contributed by atoms with E-state index < -0.39 is 5.97 Å². The molecule has 0 saturated carbocycles. The summed E-state index contributed by atoms with van der Waals surface area (Å²) >= 11 is 0.869. The zero-order valence-electron chi connectivity index (χ0n) is 6.14. The minimum absolute atomic E-state index is 0.562. The predicted molar refractivity (Wildman–Crippen MR) is 38.8 cm³/mol. The molecule has 0 amide bonds. The normalized spacial score (nSPS) is 17.7. The van der Waals surface area contributed by atoms with Crippen molar-refractivity contribution in [2.45, 2.75) is 13.3 Å². The summed E-state index contributed by atoms with van der Waals surface area (Å²) < 4.78 is 1.10. The Hall–Kier alpha value is -0.0500. The number of carbonyl (C=O) groups is 1. The molecule has 0 aromatic rings. The van der Waals surface area contributed by atoms with Gasteiger partial charge in [0.25, 0.3) is 0 Å². The maximum absolute atomic E-state index is 10.5. The quantitative estimate of drug-likeness (QED) is 0.556. The fourth-order valence-corrected chi connectivity index (χ4v) is 2.01. The molecule has 0 spiro atoms. The molecule has 1 aliphatic rings. The summed E-state index contributed by atoms with van der Waals surface area (Å²) in [7, 11) is 0. The van der Waals surface area contributed by atoms with E-state index in [1.165, 1.54) is 0 Å². The van der Waals surface area contributed by atoms with Gasteiger partial charge in [-0.25, -0.2) is 0 Å². The van der Waals surface area contributed by atoms with Gasteiger partial charge in [-0.2, -0.15) is 0 Å². The molecule has 1 aliphatic carbocycles. The molecule has 0 atom stereocenters. The summed E-state index contributed by atoms with van der Waals surface area (Å²) in [4.78, 5) is 10.5. The van der Waals surface area contributed by atoms with E-state index in [2.05, 4.69) is 0 Å². The molecule has 2 nitrogen and oxygen atoms in total. The van der Waals surface area contributed by atoms with E-state index in [0.29, 0.717) is 5.57 Å². The molecule has 1 N–H and O–H groups in total. The van der Waals surface area contributed by atoms with Crippen LogP contribution in [0.2, 0.25) is 0 Å². The number of carboxylic acid groups (broad SMARTS) is 1. The van der Waals surface area contributed by atoms with Crippen molar-refractivity contribution in [3.05, 3.63) is 20.0 Å². The number of carboxylic acids is 1. The molecule has 1 rings (SSSR count). The number of rotatable bonds is 1. The van der Waals surface area contributed by atoms with E-state index in [1.807, 2.05) is 13.0 Å². The van der Waals surface area contributed by atoms with Gasteiger partial charge in [0.2, 0.25) is 0 Å². The summed E-state index contributed by atoms with van der Waals surface area (Å²) in [5, 5.41) is 8.68. The molecule has 0 bridgehead atoms. The predicted octanol–water partition coefficient (Wildman–Crippen LogP) is 0.844. The number of hydrogen-bond acceptors (Lipinski definition) is 1. The zero-order valence-corrected chi connectivity index (χ0v) is 8.14. The minimum atomic E-state index is -0.767. The Labute approximate surface area is 77.0 Å². The van der Waals surface area contributed by atoms with Crippen molar-refractivity contribution in [3.8, 4) is 0 Å². The van der Waals surface area contributed by atoms with Gasteiger partial charge < -0.3 is 0 Å². The molecule has 0 aliphatic heterocycles. The molecule has 0 saturated heterocycles. The number of allylic oxidation sites excluding steroid dienone is 2. The van der Waals surface area contributed by atoms with Crippen LogP contribution in [0, 0.1) is 0 Å². The molecule has 0 aromatic carbocycles. The first-order chi connectivity index (χ1) is 4.63. The SMILES string of the molecule is CC1=CC[C]([Na])=C1C(=O)O. The summed E-state index contributed by atoms with van der Waals surface area (Å²) in [5.41, 5.74) is 1.49. The van der Waals surface area contributed by atoms with Crippen LogP contribution in [0.25, 0.3) is 0 Å². The summed E-state index contributed by atoms with van der Waals surface area (Å²) in [6.45, 7) is 1.86. The van der Waals surface area contributed by atoms with Crippen molar-refractivity contribution in [3.63, 3.8) is 0 Å². The Morgan fingerprint density at radius 1 is 1.80 bits per heavy atom. The molecule has 10 heavy (non-hydrogen) atoms. The van der Waals surface area contributed by atoms with Crippen molar-refractivity contribution >= 4 is 33.9 Å². The van der Waals surface area contributed by atoms with E-state index in [9.17, 15) is 4.79 Å². The van der Waals surface area contributed by atoms with Gasteiger partial charge in [0.15, 0.2) is 0 Å². The van der Waals surface area contributed by atoms with E-state index in [4.69, 9.17) is 5.11 Å². The second kappa shape index (κ2) is 2.91. The molecule has 0 radical (unpaired) electrons. The van der Waals surface area contributed by atoms with Gasteiger partial charge in [0.05, 0.1) is 0 Å². The second-order valence-electron chi connectivity index (χ2n) is 2.55. The maximum atomic E-state index is 10.5. The molecule has 0 fully saturated rings. The number of aliphatic carboxylic acids is 1. The Morgan fingerprint density at radius 2 is 2.40 bits per heavy atom. The summed E-state index contributed by atoms with van der Waals surface area (Å²) in [5.74, 6) is -0.767. The van der Waals surface area contributed by atoms with Gasteiger partial charge in [-0.05, 0) is 0 Å². The molecular weight excluding hydrogens is 139 g/mol. The molecule has 0 unspecified atom stereocenters. The van der Waals surface area contributed by atoms with Crippen LogP contribution in [-0.4, -0.2) is 39.0 Å². The first kappa shape index (κ1) is 8.05. The average molecular weight is 146 g/mol. The van der Waals surface area contributed by atoms with Gasteiger partial charge >= 0.3 is 77.2 Å². The topological polar surface area (TPSA) is 37.3 Å². The first-order valence-electron chi connectivity index (χ1n) is 3.23. The Kier molecular flexibility index (Phi) is 2.34. The fourth-order valence-electron chi connectivity index (χ4n) is 1.20. The van der Waals surface area contributed by atoms with Crippen molar-refractivity contribution in [1.29, 1.82) is 0 Å². The summed E-state index contributed by atoms with van der Waals surface area (Å²) in [6.07, 6.45) is 2.84. The van der Waals surface area contributed by atoms with Crippen LogP contribution in [0.4, 0.5) is 0 Å². The van der Waals surface area contributed by atoms with Gasteiger partial charge in [-0.1, -0.05) is 0 Å². The second-order valence-corrected chi connectivity index (χ2v) is 3.76. The van der Waals surface area contributed by atoms with E-state index in [0.717, 1.165) is 42.7 Å². The van der Waals surface area contributed by atoms with E-state index in [1.54, 1.807) is 0 Å². The van der Waals surface area contributed by atoms with Crippen molar-refractivity contribution < 1.29 is 9.90 Å². The van der Waals surface area contributed by atoms with E-state index >= 15 is 0 Å². The van der Waals surface area contributed by atoms with Crippen molar-refractivity contribution in [1.82, 2.24) is 0 Å². The Balaban J connectivity index is 3.01. The van der Waals surface area contributed by atoms with Gasteiger partial charge in [-0.15, -0.1) is 0 Å². The van der Waals surface area contributed by atoms with Crippen LogP contribution < -0.4 is 0 Å². The Bertz CT molecular complexity index is 238. The first-order valence-corrected chi connectivity index (χ1v) is 4.23. The van der Waals surface area contributed by atoms with Crippen molar-refractivity contribution in [2.75, 3.05) is 0 Å². The van der Waals surface area contributed by atoms with Gasteiger partial charge in [0.1, 0.15) is 0 Å². The molecule has 48 valence electrons. The third kappa shape index (κ3) is 1.34. The number of hydrogen-bond donors (Lipinski definition) is 1. The molecule has 0 heterocycles. The zero-order chi connectivity index (χ0) is 7.72. The molecular formula is C7H7NaO2. The van der Waals surface area contributed by atoms with Crippen LogP contribution in [-0.2, 0) is 4.79 Å². The van der Waals surface area contributed by atoms with Crippen molar-refractivity contribution in [2.24, 2.45) is 0 Å². The monoisotopic (exact) mass is 146 g/mol. The third-order valence-corrected chi connectivity index (χ3v) is 2.66. The third-order valence-electron chi connectivity index (χ3n) is 1.75. The summed E-state index contributed by atoms with van der Waals surface area (Å²) in [6, 6.07) is 0. The fraction of sp³-hybridized carbons (Fsp3) is 0.286. The molecule has 3 heteroatoms. The Morgan fingerprint density at radius 3 is 2.60 bits per heavy atom. The standard InChI is InChI=1S/C7H7O2.Na/c1-5-3-2-4-6(5)7(8)9;/h3H,2H2,1H3,(H,8,9);. The molecule has 0 aromatic heterocycles. The van der Waals surface area contributed by atoms with E-state index in [-0.39, 0.29) is 0 Å². The van der Waals surface area contributed by atoms with Crippen LogP contribution in [0.3, 0.4) is 0 Å². The van der Waals surface area contributed by atoms with Crippen LogP contribution in [0.1, 0.15) is 13.3 Å². The van der Waals surface area contributed by atoms with Crippen LogP contribution >= 0.6 is 0 Å². The average Bonchev–Trinajstić information content (AvgIpc) is 2.11. The van der Waals surface area contributed by atoms with Gasteiger partial charge in [-0.3, -0.25) is 0 Å². The van der Waals surface area contributed by atoms with Crippen LogP contribution in [0.5, 0.6) is 0 Å².